The van der Waals surface area contributed by atoms with Gasteiger partial charge in [0.1, 0.15) is 6.29 Å². The van der Waals surface area contributed by atoms with E-state index in [0.717, 1.165) is 28.6 Å². The molecule has 0 radical (unpaired) electrons. The van der Waals surface area contributed by atoms with E-state index in [-0.39, 0.29) is 5.69 Å². The zero-order chi connectivity index (χ0) is 15.0. The number of nitro groups is 1. The fourth-order valence-corrected chi connectivity index (χ4v) is 2.27. The summed E-state index contributed by atoms with van der Waals surface area (Å²) in [6, 6.07) is 11.5. The lowest BCUT2D eigenvalue weighted by Crippen LogP contribution is -1.97. The lowest BCUT2D eigenvalue weighted by Gasteiger charge is -2.03. The molecule has 3 rings (SSSR count). The van der Waals surface area contributed by atoms with Crippen molar-refractivity contribution < 1.29 is 9.72 Å². The van der Waals surface area contributed by atoms with Crippen LogP contribution in [-0.4, -0.2) is 21.0 Å². The molecule has 6 nitrogen and oxygen atoms in total. The Morgan fingerprint density at radius 2 is 1.90 bits per heavy atom. The van der Waals surface area contributed by atoms with E-state index < -0.39 is 4.92 Å². The highest BCUT2D eigenvalue weighted by Crippen LogP contribution is 2.23. The number of nitro benzene ring substituents is 1. The third-order valence-corrected chi connectivity index (χ3v) is 3.33. The first-order valence-corrected chi connectivity index (χ1v) is 6.29. The Morgan fingerprint density at radius 1 is 1.19 bits per heavy atom. The van der Waals surface area contributed by atoms with Crippen LogP contribution < -0.4 is 0 Å². The van der Waals surface area contributed by atoms with Crippen molar-refractivity contribution in [2.24, 2.45) is 0 Å². The molecule has 0 N–H and O–H groups in total. The summed E-state index contributed by atoms with van der Waals surface area (Å²) in [5.41, 5.74) is 3.01. The molecule has 0 aliphatic rings. The minimum Gasteiger partial charge on any atom is -0.298 e. The molecule has 1 heterocycles. The number of fused-ring (bicyclic) bond motifs is 1. The van der Waals surface area contributed by atoms with Crippen LogP contribution in [0, 0.1) is 17.0 Å². The number of aromatic nitrogens is 2. The monoisotopic (exact) mass is 281 g/mol. The van der Waals surface area contributed by atoms with Crippen molar-refractivity contribution in [2.75, 3.05) is 0 Å². The molecular weight excluding hydrogens is 270 g/mol. The third-order valence-electron chi connectivity index (χ3n) is 3.33. The zero-order valence-electron chi connectivity index (χ0n) is 11.2. The Labute approximate surface area is 119 Å². The molecule has 0 saturated heterocycles. The van der Waals surface area contributed by atoms with Gasteiger partial charge in [0, 0.05) is 23.1 Å². The lowest BCUT2D eigenvalue weighted by molar-refractivity contribution is -0.384. The van der Waals surface area contributed by atoms with Gasteiger partial charge in [0.15, 0.2) is 0 Å². The van der Waals surface area contributed by atoms with E-state index in [0.29, 0.717) is 5.56 Å². The summed E-state index contributed by atoms with van der Waals surface area (Å²) in [6.07, 6.45) is 0.794. The van der Waals surface area contributed by atoms with Crippen molar-refractivity contribution in [2.45, 2.75) is 6.92 Å². The van der Waals surface area contributed by atoms with E-state index in [1.165, 1.54) is 12.1 Å². The summed E-state index contributed by atoms with van der Waals surface area (Å²) in [5.74, 6) is 0. The van der Waals surface area contributed by atoms with Crippen LogP contribution in [0.5, 0.6) is 0 Å². The first kappa shape index (κ1) is 13.0. The van der Waals surface area contributed by atoms with Gasteiger partial charge in [0.2, 0.25) is 0 Å². The maximum atomic E-state index is 10.8. The van der Waals surface area contributed by atoms with Crippen molar-refractivity contribution >= 4 is 22.9 Å². The number of hydrogen-bond donors (Lipinski definition) is 0. The Bertz CT molecular complexity index is 850. The molecule has 0 bridgehead atoms. The van der Waals surface area contributed by atoms with E-state index in [2.05, 4.69) is 5.10 Å². The number of nitrogens with zero attached hydrogens (tertiary/aromatic N) is 3. The molecule has 6 heteroatoms. The van der Waals surface area contributed by atoms with Gasteiger partial charge in [-0.15, -0.1) is 0 Å². The van der Waals surface area contributed by atoms with E-state index in [1.807, 2.05) is 13.0 Å². The van der Waals surface area contributed by atoms with Gasteiger partial charge in [-0.1, -0.05) is 0 Å². The van der Waals surface area contributed by atoms with Crippen LogP contribution in [0.1, 0.15) is 16.1 Å². The first-order chi connectivity index (χ1) is 10.1. The number of aldehydes is 1. The molecule has 0 aliphatic carbocycles. The van der Waals surface area contributed by atoms with Crippen molar-refractivity contribution in [1.29, 1.82) is 0 Å². The van der Waals surface area contributed by atoms with Crippen molar-refractivity contribution in [3.8, 4) is 5.69 Å². The van der Waals surface area contributed by atoms with E-state index in [4.69, 9.17) is 0 Å². The second-order valence-electron chi connectivity index (χ2n) is 4.67. The van der Waals surface area contributed by atoms with Gasteiger partial charge in [-0.3, -0.25) is 14.9 Å². The summed E-state index contributed by atoms with van der Waals surface area (Å²) in [7, 11) is 0. The van der Waals surface area contributed by atoms with Gasteiger partial charge in [0.25, 0.3) is 5.69 Å². The van der Waals surface area contributed by atoms with Crippen LogP contribution in [0.3, 0.4) is 0 Å². The lowest BCUT2D eigenvalue weighted by atomic mass is 10.1. The predicted octanol–water partition coefficient (Wildman–Crippen LogP) is 3.05. The molecule has 0 fully saturated rings. The summed E-state index contributed by atoms with van der Waals surface area (Å²) in [5, 5.41) is 16.0. The molecule has 0 unspecified atom stereocenters. The molecule has 0 atom stereocenters. The smallest absolute Gasteiger partial charge is 0.269 e. The number of carbonyl (C=O) groups excluding carboxylic acids is 1. The summed E-state index contributed by atoms with van der Waals surface area (Å²) < 4.78 is 1.71. The highest BCUT2D eigenvalue weighted by molar-refractivity contribution is 5.89. The van der Waals surface area contributed by atoms with E-state index in [1.54, 1.807) is 28.9 Å². The van der Waals surface area contributed by atoms with E-state index >= 15 is 0 Å². The molecule has 0 spiro atoms. The zero-order valence-corrected chi connectivity index (χ0v) is 11.2. The van der Waals surface area contributed by atoms with Crippen molar-refractivity contribution in [3.05, 3.63) is 63.8 Å². The fraction of sp³-hybridized carbons (Fsp3) is 0.0667. The maximum absolute atomic E-state index is 10.8. The Balaban J connectivity index is 2.16. The number of non-ortho nitro benzene ring substituents is 1. The van der Waals surface area contributed by atoms with Gasteiger partial charge >= 0.3 is 0 Å². The molecule has 104 valence electrons. The molecule has 3 aromatic rings. The van der Waals surface area contributed by atoms with Crippen LogP contribution in [0.15, 0.2) is 42.5 Å². The molecule has 0 amide bonds. The predicted molar refractivity (Wildman–Crippen MR) is 77.8 cm³/mol. The van der Waals surface area contributed by atoms with Crippen LogP contribution in [0.4, 0.5) is 5.69 Å². The average Bonchev–Trinajstić information content (AvgIpc) is 2.84. The molecule has 21 heavy (non-hydrogen) atoms. The van der Waals surface area contributed by atoms with Crippen LogP contribution in [-0.2, 0) is 0 Å². The quantitative estimate of drug-likeness (QED) is 0.420. The minimum absolute atomic E-state index is 0.0372. The Morgan fingerprint density at radius 3 is 2.52 bits per heavy atom. The van der Waals surface area contributed by atoms with Gasteiger partial charge in [-0.2, -0.15) is 5.10 Å². The number of carbonyl (C=O) groups is 1. The number of hydrogen-bond acceptors (Lipinski definition) is 4. The highest BCUT2D eigenvalue weighted by atomic mass is 16.6. The van der Waals surface area contributed by atoms with Crippen LogP contribution in [0.25, 0.3) is 16.6 Å². The van der Waals surface area contributed by atoms with Gasteiger partial charge in [0.05, 0.1) is 21.8 Å². The molecule has 0 aliphatic heterocycles. The number of aryl methyl sites for hydroxylation is 1. The molecule has 0 saturated carbocycles. The van der Waals surface area contributed by atoms with Crippen molar-refractivity contribution in [1.82, 2.24) is 9.78 Å². The number of rotatable bonds is 3. The molecular formula is C15H11N3O3. The Kier molecular flexibility index (Phi) is 2.98. The van der Waals surface area contributed by atoms with Gasteiger partial charge in [-0.25, -0.2) is 4.68 Å². The normalized spacial score (nSPS) is 10.7. The van der Waals surface area contributed by atoms with Gasteiger partial charge in [-0.05, 0) is 37.3 Å². The largest absolute Gasteiger partial charge is 0.298 e. The molecule has 1 aromatic heterocycles. The van der Waals surface area contributed by atoms with E-state index in [9.17, 15) is 14.9 Å². The van der Waals surface area contributed by atoms with Crippen LogP contribution in [0.2, 0.25) is 0 Å². The molecule has 2 aromatic carbocycles. The van der Waals surface area contributed by atoms with Crippen LogP contribution >= 0.6 is 0 Å². The third kappa shape index (κ3) is 2.16. The van der Waals surface area contributed by atoms with Crippen molar-refractivity contribution in [3.63, 3.8) is 0 Å². The Hall–Kier alpha value is -3.02. The first-order valence-electron chi connectivity index (χ1n) is 6.29. The fourth-order valence-electron chi connectivity index (χ4n) is 2.27. The second-order valence-corrected chi connectivity index (χ2v) is 4.67. The second kappa shape index (κ2) is 4.82. The summed E-state index contributed by atoms with van der Waals surface area (Å²) in [4.78, 5) is 21.1. The standard InChI is InChI=1S/C15H11N3O3/c1-10-14-8-11(9-19)2-7-15(14)17(16-10)12-3-5-13(6-4-12)18(20)21/h2-9H,1H3. The maximum Gasteiger partial charge on any atom is 0.269 e. The minimum atomic E-state index is -0.438. The summed E-state index contributed by atoms with van der Waals surface area (Å²) in [6.45, 7) is 1.86. The SMILES string of the molecule is Cc1nn(-c2ccc([N+](=O)[O-])cc2)c2ccc(C=O)cc12. The van der Waals surface area contributed by atoms with Gasteiger partial charge < -0.3 is 0 Å². The summed E-state index contributed by atoms with van der Waals surface area (Å²) >= 11 is 0. The average molecular weight is 281 g/mol. The number of benzene rings is 2. The topological polar surface area (TPSA) is 78.0 Å². The highest BCUT2D eigenvalue weighted by Gasteiger charge is 2.11.